The molecular formula is C4H9Cl3N2. The highest BCUT2D eigenvalue weighted by Crippen LogP contribution is 1.90. The lowest BCUT2D eigenvalue weighted by molar-refractivity contribution is 1.42. The zero-order valence-electron chi connectivity index (χ0n) is 4.53. The predicted molar refractivity (Wildman–Crippen MR) is 46.9 cm³/mol. The maximum absolute atomic E-state index is 5.22. The number of nitrogen functional groups attached to an aromatic ring is 1. The van der Waals surface area contributed by atoms with Crippen molar-refractivity contribution in [2.75, 3.05) is 5.73 Å². The van der Waals surface area contributed by atoms with Crippen molar-refractivity contribution in [1.29, 1.82) is 0 Å². The third kappa shape index (κ3) is 5.83. The molecule has 56 valence electrons. The zero-order valence-corrected chi connectivity index (χ0v) is 6.98. The molecule has 0 unspecified atom stereocenters. The van der Waals surface area contributed by atoms with E-state index >= 15 is 0 Å². The summed E-state index contributed by atoms with van der Waals surface area (Å²) >= 11 is 0. The molecule has 1 rings (SSSR count). The summed E-state index contributed by atoms with van der Waals surface area (Å²) in [5.74, 6) is 0.718. The number of hydrogen-bond donors (Lipinski definition) is 2. The Hall–Kier alpha value is -0.0500. The minimum absolute atomic E-state index is 0. The van der Waals surface area contributed by atoms with Crippen molar-refractivity contribution in [3.8, 4) is 0 Å². The van der Waals surface area contributed by atoms with Gasteiger partial charge in [-0.1, -0.05) is 0 Å². The van der Waals surface area contributed by atoms with Gasteiger partial charge in [0.2, 0.25) is 0 Å². The fourth-order valence-electron chi connectivity index (χ4n) is 0.344. The Balaban J connectivity index is -0.000000120. The summed E-state index contributed by atoms with van der Waals surface area (Å²) in [6, 6.07) is 3.66. The van der Waals surface area contributed by atoms with E-state index < -0.39 is 0 Å². The molecule has 0 aliphatic rings. The van der Waals surface area contributed by atoms with E-state index in [0.717, 1.165) is 5.82 Å². The summed E-state index contributed by atoms with van der Waals surface area (Å²) in [6.45, 7) is 0. The number of aromatic nitrogens is 1. The van der Waals surface area contributed by atoms with E-state index in [0.29, 0.717) is 0 Å². The normalized spacial score (nSPS) is 5.78. The van der Waals surface area contributed by atoms with E-state index in [1.165, 1.54) is 0 Å². The van der Waals surface area contributed by atoms with Gasteiger partial charge in [-0.05, 0) is 12.1 Å². The maximum Gasteiger partial charge on any atom is 0.100 e. The molecule has 0 atom stereocenters. The number of nitrogens with two attached hydrogens (primary N) is 1. The number of halogens is 3. The van der Waals surface area contributed by atoms with Crippen LogP contribution in [0.1, 0.15) is 0 Å². The van der Waals surface area contributed by atoms with Gasteiger partial charge >= 0.3 is 0 Å². The van der Waals surface area contributed by atoms with Crippen LogP contribution in [0.5, 0.6) is 0 Å². The van der Waals surface area contributed by atoms with Gasteiger partial charge in [0.15, 0.2) is 0 Å². The number of H-pyrrole nitrogens is 1. The molecule has 0 amide bonds. The first-order chi connectivity index (χ1) is 2.89. The lowest BCUT2D eigenvalue weighted by atomic mass is 10.6. The number of rotatable bonds is 0. The molecule has 0 bridgehead atoms. The quantitative estimate of drug-likeness (QED) is 0.646. The molecule has 1 heterocycles. The molecule has 0 aliphatic carbocycles. The first-order valence-electron chi connectivity index (χ1n) is 1.78. The van der Waals surface area contributed by atoms with Crippen molar-refractivity contribution < 1.29 is 0 Å². The topological polar surface area (TPSA) is 41.8 Å². The van der Waals surface area contributed by atoms with Gasteiger partial charge in [0.1, 0.15) is 5.82 Å². The molecule has 9 heavy (non-hydrogen) atoms. The van der Waals surface area contributed by atoms with E-state index in [1.54, 1.807) is 12.3 Å². The molecule has 0 spiro atoms. The minimum Gasteiger partial charge on any atom is -0.385 e. The van der Waals surface area contributed by atoms with Crippen molar-refractivity contribution in [2.24, 2.45) is 0 Å². The second-order valence-electron chi connectivity index (χ2n) is 1.13. The zero-order chi connectivity index (χ0) is 4.41. The number of hydrogen-bond acceptors (Lipinski definition) is 1. The Morgan fingerprint density at radius 2 is 1.78 bits per heavy atom. The SMILES string of the molecule is Cl.Cl.Cl.Nc1ccc[nH]1. The van der Waals surface area contributed by atoms with Crippen LogP contribution in [0, 0.1) is 0 Å². The largest absolute Gasteiger partial charge is 0.385 e. The Bertz CT molecular complexity index is 117. The molecule has 0 saturated carbocycles. The van der Waals surface area contributed by atoms with Gasteiger partial charge < -0.3 is 10.7 Å². The van der Waals surface area contributed by atoms with Crippen molar-refractivity contribution in [1.82, 2.24) is 4.98 Å². The number of aromatic amines is 1. The van der Waals surface area contributed by atoms with Gasteiger partial charge in [0.05, 0.1) is 0 Å². The molecule has 1 aromatic heterocycles. The third-order valence-corrected chi connectivity index (χ3v) is 0.622. The second kappa shape index (κ2) is 7.95. The Morgan fingerprint density at radius 3 is 1.89 bits per heavy atom. The minimum atomic E-state index is 0. The summed E-state index contributed by atoms with van der Waals surface area (Å²) in [6.07, 6.45) is 1.79. The molecule has 0 radical (unpaired) electrons. The number of anilines is 1. The standard InChI is InChI=1S/C4H6N2.3ClH/c5-4-2-1-3-6-4;;;/h1-3,6H,5H2;3*1H. The molecule has 5 heteroatoms. The molecule has 0 aromatic carbocycles. The summed E-state index contributed by atoms with van der Waals surface area (Å²) in [5.41, 5.74) is 5.22. The highest BCUT2D eigenvalue weighted by atomic mass is 35.5. The second-order valence-corrected chi connectivity index (χ2v) is 1.13. The molecular weight excluding hydrogens is 182 g/mol. The van der Waals surface area contributed by atoms with Crippen LogP contribution >= 0.6 is 37.2 Å². The van der Waals surface area contributed by atoms with E-state index in [1.807, 2.05) is 6.07 Å². The predicted octanol–water partition coefficient (Wildman–Crippen LogP) is 1.86. The van der Waals surface area contributed by atoms with Gasteiger partial charge in [-0.15, -0.1) is 37.2 Å². The monoisotopic (exact) mass is 190 g/mol. The van der Waals surface area contributed by atoms with Crippen LogP contribution in [0.2, 0.25) is 0 Å². The lowest BCUT2D eigenvalue weighted by Gasteiger charge is -1.72. The summed E-state index contributed by atoms with van der Waals surface area (Å²) in [7, 11) is 0. The van der Waals surface area contributed by atoms with E-state index in [9.17, 15) is 0 Å². The van der Waals surface area contributed by atoms with Gasteiger partial charge in [-0.25, -0.2) is 0 Å². The van der Waals surface area contributed by atoms with Crippen LogP contribution in [-0.4, -0.2) is 4.98 Å². The summed E-state index contributed by atoms with van der Waals surface area (Å²) in [5, 5.41) is 0. The fraction of sp³-hybridized carbons (Fsp3) is 0. The van der Waals surface area contributed by atoms with Crippen molar-refractivity contribution >= 4 is 43.0 Å². The summed E-state index contributed by atoms with van der Waals surface area (Å²) < 4.78 is 0. The molecule has 2 nitrogen and oxygen atoms in total. The average Bonchev–Trinajstić information content (AvgIpc) is 1.86. The molecule has 0 fully saturated rings. The molecule has 0 aliphatic heterocycles. The van der Waals surface area contributed by atoms with Gasteiger partial charge in [0, 0.05) is 6.20 Å². The van der Waals surface area contributed by atoms with Crippen LogP contribution in [0.4, 0.5) is 5.82 Å². The van der Waals surface area contributed by atoms with Crippen molar-refractivity contribution in [3.63, 3.8) is 0 Å². The smallest absolute Gasteiger partial charge is 0.100 e. The van der Waals surface area contributed by atoms with E-state index in [-0.39, 0.29) is 37.2 Å². The van der Waals surface area contributed by atoms with Gasteiger partial charge in [0.25, 0.3) is 0 Å². The van der Waals surface area contributed by atoms with Crippen LogP contribution < -0.4 is 5.73 Å². The first kappa shape index (κ1) is 16.0. The number of nitrogens with one attached hydrogen (secondary N) is 1. The summed E-state index contributed by atoms with van der Waals surface area (Å²) in [4.78, 5) is 2.78. The third-order valence-electron chi connectivity index (χ3n) is 0.622. The van der Waals surface area contributed by atoms with Crippen LogP contribution in [-0.2, 0) is 0 Å². The Kier molecular flexibility index (Phi) is 14.1. The van der Waals surface area contributed by atoms with E-state index in [4.69, 9.17) is 5.73 Å². The maximum atomic E-state index is 5.22. The van der Waals surface area contributed by atoms with E-state index in [2.05, 4.69) is 4.98 Å². The molecule has 0 saturated heterocycles. The highest BCUT2D eigenvalue weighted by Gasteiger charge is 1.72. The van der Waals surface area contributed by atoms with Crippen molar-refractivity contribution in [3.05, 3.63) is 18.3 Å². The lowest BCUT2D eigenvalue weighted by Crippen LogP contribution is -1.79. The fourth-order valence-corrected chi connectivity index (χ4v) is 0.344. The Labute approximate surface area is 72.4 Å². The molecule has 1 aromatic rings. The van der Waals surface area contributed by atoms with Crippen LogP contribution in [0.3, 0.4) is 0 Å². The first-order valence-corrected chi connectivity index (χ1v) is 1.78. The molecule has 3 N–H and O–H groups in total. The van der Waals surface area contributed by atoms with Crippen molar-refractivity contribution in [2.45, 2.75) is 0 Å². The highest BCUT2D eigenvalue weighted by molar-refractivity contribution is 5.86. The van der Waals surface area contributed by atoms with Gasteiger partial charge in [-0.3, -0.25) is 0 Å². The van der Waals surface area contributed by atoms with Gasteiger partial charge in [-0.2, -0.15) is 0 Å². The van der Waals surface area contributed by atoms with Crippen LogP contribution in [0.25, 0.3) is 0 Å². The van der Waals surface area contributed by atoms with Crippen LogP contribution in [0.15, 0.2) is 18.3 Å². The average molecular weight is 191 g/mol. The Morgan fingerprint density at radius 1 is 1.22 bits per heavy atom.